The van der Waals surface area contributed by atoms with Crippen LogP contribution in [-0.2, 0) is 0 Å². The Hall–Kier alpha value is -1.20. The summed E-state index contributed by atoms with van der Waals surface area (Å²) in [6.45, 7) is 2.03. The molecule has 5 heteroatoms. The third-order valence-electron chi connectivity index (χ3n) is 2.52. The van der Waals surface area contributed by atoms with Crippen molar-refractivity contribution in [3.63, 3.8) is 0 Å². The average Bonchev–Trinajstić information content (AvgIpc) is 2.28. The fourth-order valence-electron chi connectivity index (χ4n) is 1.52. The molecule has 94 valence electrons. The molecule has 0 aliphatic rings. The molecule has 0 aromatic carbocycles. The van der Waals surface area contributed by atoms with Gasteiger partial charge in [-0.3, -0.25) is 0 Å². The first kappa shape index (κ1) is 13.9. The van der Waals surface area contributed by atoms with Gasteiger partial charge in [-0.1, -0.05) is 12.2 Å². The van der Waals surface area contributed by atoms with E-state index in [0.717, 1.165) is 30.9 Å². The molecule has 2 N–H and O–H groups in total. The normalized spacial score (nSPS) is 10.6. The summed E-state index contributed by atoms with van der Waals surface area (Å²) < 4.78 is 0. The molecule has 0 aliphatic carbocycles. The Kier molecular flexibility index (Phi) is 5.31. The molecule has 0 amide bonds. The summed E-state index contributed by atoms with van der Waals surface area (Å²) in [5.41, 5.74) is 6.47. The van der Waals surface area contributed by atoms with E-state index >= 15 is 0 Å². The lowest BCUT2D eigenvalue weighted by molar-refractivity contribution is 0.401. The van der Waals surface area contributed by atoms with Crippen molar-refractivity contribution in [3.8, 4) is 0 Å². The number of pyridine rings is 1. The molecular formula is C12H20N4S. The minimum Gasteiger partial charge on any atom is -0.389 e. The molecule has 17 heavy (non-hydrogen) atoms. The van der Waals surface area contributed by atoms with Gasteiger partial charge in [-0.2, -0.15) is 0 Å². The number of hydrogen-bond donors (Lipinski definition) is 1. The van der Waals surface area contributed by atoms with E-state index in [2.05, 4.69) is 28.9 Å². The Bertz CT molecular complexity index is 379. The van der Waals surface area contributed by atoms with Crippen LogP contribution in [0.25, 0.3) is 0 Å². The van der Waals surface area contributed by atoms with Gasteiger partial charge in [0.1, 0.15) is 10.8 Å². The summed E-state index contributed by atoms with van der Waals surface area (Å²) in [6.07, 6.45) is 2.84. The molecule has 0 unspecified atom stereocenters. The lowest BCUT2D eigenvalue weighted by atomic mass is 10.2. The average molecular weight is 252 g/mol. The Labute approximate surface area is 108 Å². The van der Waals surface area contributed by atoms with Crippen LogP contribution in [0, 0.1) is 0 Å². The van der Waals surface area contributed by atoms with Crippen LogP contribution in [0.3, 0.4) is 0 Å². The summed E-state index contributed by atoms with van der Waals surface area (Å²) in [4.78, 5) is 9.02. The third kappa shape index (κ3) is 4.66. The zero-order valence-corrected chi connectivity index (χ0v) is 11.5. The van der Waals surface area contributed by atoms with Gasteiger partial charge in [-0.15, -0.1) is 0 Å². The van der Waals surface area contributed by atoms with Gasteiger partial charge in [0.25, 0.3) is 0 Å². The van der Waals surface area contributed by atoms with Gasteiger partial charge in [-0.25, -0.2) is 4.98 Å². The Morgan fingerprint density at radius 3 is 2.65 bits per heavy atom. The van der Waals surface area contributed by atoms with E-state index in [9.17, 15) is 0 Å². The first-order valence-corrected chi connectivity index (χ1v) is 6.03. The number of nitrogens with two attached hydrogens (primary N) is 1. The van der Waals surface area contributed by atoms with E-state index in [1.807, 2.05) is 19.2 Å². The number of hydrogen-bond acceptors (Lipinski definition) is 4. The third-order valence-corrected chi connectivity index (χ3v) is 2.76. The molecule has 0 saturated heterocycles. The highest BCUT2D eigenvalue weighted by molar-refractivity contribution is 7.80. The second-order valence-electron chi connectivity index (χ2n) is 4.35. The van der Waals surface area contributed by atoms with Crippen LogP contribution < -0.4 is 10.6 Å². The summed E-state index contributed by atoms with van der Waals surface area (Å²) >= 11 is 4.95. The van der Waals surface area contributed by atoms with Crippen molar-refractivity contribution >= 4 is 23.0 Å². The minimum absolute atomic E-state index is 0.412. The van der Waals surface area contributed by atoms with Gasteiger partial charge in [-0.05, 0) is 39.2 Å². The van der Waals surface area contributed by atoms with Gasteiger partial charge >= 0.3 is 0 Å². The van der Waals surface area contributed by atoms with E-state index in [-0.39, 0.29) is 0 Å². The highest BCUT2D eigenvalue weighted by Crippen LogP contribution is 2.11. The summed E-state index contributed by atoms with van der Waals surface area (Å²) in [7, 11) is 6.18. The number of nitrogens with zero attached hydrogens (tertiary/aromatic N) is 3. The predicted molar refractivity (Wildman–Crippen MR) is 76.6 cm³/mol. The van der Waals surface area contributed by atoms with E-state index in [4.69, 9.17) is 18.0 Å². The van der Waals surface area contributed by atoms with Crippen molar-refractivity contribution < 1.29 is 0 Å². The second-order valence-corrected chi connectivity index (χ2v) is 4.79. The highest BCUT2D eigenvalue weighted by atomic mass is 32.1. The second kappa shape index (κ2) is 6.51. The molecule has 0 atom stereocenters. The van der Waals surface area contributed by atoms with Crippen LogP contribution in [0.5, 0.6) is 0 Å². The van der Waals surface area contributed by atoms with Crippen LogP contribution in [-0.4, -0.2) is 49.1 Å². The number of aromatic nitrogens is 1. The Morgan fingerprint density at radius 1 is 1.35 bits per heavy atom. The molecule has 1 rings (SSSR count). The molecule has 0 saturated carbocycles. The maximum atomic E-state index is 5.60. The van der Waals surface area contributed by atoms with Gasteiger partial charge in [0.2, 0.25) is 0 Å². The fraction of sp³-hybridized carbons (Fsp3) is 0.500. The van der Waals surface area contributed by atoms with Crippen molar-refractivity contribution in [1.82, 2.24) is 9.88 Å². The van der Waals surface area contributed by atoms with E-state index in [1.165, 1.54) is 0 Å². The van der Waals surface area contributed by atoms with Crippen LogP contribution in [0.1, 0.15) is 12.0 Å². The molecule has 4 nitrogen and oxygen atoms in total. The maximum absolute atomic E-state index is 5.60. The van der Waals surface area contributed by atoms with Crippen LogP contribution in [0.2, 0.25) is 0 Å². The Balaban J connectivity index is 2.59. The first-order valence-electron chi connectivity index (χ1n) is 5.62. The zero-order chi connectivity index (χ0) is 12.8. The molecule has 0 aliphatic heterocycles. The fourth-order valence-corrected chi connectivity index (χ4v) is 1.65. The van der Waals surface area contributed by atoms with E-state index in [1.54, 1.807) is 6.20 Å². The molecule has 1 aromatic heterocycles. The lowest BCUT2D eigenvalue weighted by Gasteiger charge is -2.19. The highest BCUT2D eigenvalue weighted by Gasteiger charge is 2.04. The number of thiocarbonyl (C=S) groups is 1. The lowest BCUT2D eigenvalue weighted by Crippen LogP contribution is -2.24. The number of anilines is 1. The van der Waals surface area contributed by atoms with Gasteiger partial charge in [0.15, 0.2) is 0 Å². The molecule has 0 fully saturated rings. The largest absolute Gasteiger partial charge is 0.389 e. The van der Waals surface area contributed by atoms with Crippen molar-refractivity contribution in [1.29, 1.82) is 0 Å². The number of rotatable bonds is 6. The monoisotopic (exact) mass is 252 g/mol. The quantitative estimate of drug-likeness (QED) is 0.768. The van der Waals surface area contributed by atoms with Crippen molar-refractivity contribution in [2.45, 2.75) is 6.42 Å². The van der Waals surface area contributed by atoms with Crippen molar-refractivity contribution in [2.75, 3.05) is 39.1 Å². The van der Waals surface area contributed by atoms with E-state index < -0.39 is 0 Å². The maximum Gasteiger partial charge on any atom is 0.128 e. The standard InChI is InChI=1S/C12H20N4S/c1-15(2)7-4-8-16(3)11-9-10(12(13)17)5-6-14-11/h5-6,9H,4,7-8H2,1-3H3,(H2,13,17). The van der Waals surface area contributed by atoms with Gasteiger partial charge in [0, 0.05) is 25.4 Å². The van der Waals surface area contributed by atoms with Gasteiger partial charge < -0.3 is 15.5 Å². The molecule has 1 heterocycles. The molecule has 0 spiro atoms. The predicted octanol–water partition coefficient (Wildman–Crippen LogP) is 1.10. The molecule has 0 radical (unpaired) electrons. The van der Waals surface area contributed by atoms with Crippen molar-refractivity contribution in [2.24, 2.45) is 5.73 Å². The molecular weight excluding hydrogens is 232 g/mol. The van der Waals surface area contributed by atoms with Gasteiger partial charge in [0.05, 0.1) is 0 Å². The van der Waals surface area contributed by atoms with Crippen LogP contribution >= 0.6 is 12.2 Å². The topological polar surface area (TPSA) is 45.4 Å². The first-order chi connectivity index (χ1) is 8.00. The zero-order valence-electron chi connectivity index (χ0n) is 10.7. The minimum atomic E-state index is 0.412. The summed E-state index contributed by atoms with van der Waals surface area (Å²) in [6, 6.07) is 3.76. The van der Waals surface area contributed by atoms with Crippen LogP contribution in [0.4, 0.5) is 5.82 Å². The SMILES string of the molecule is CN(C)CCCN(C)c1cc(C(N)=S)ccn1. The molecule has 1 aromatic rings. The molecule has 0 bridgehead atoms. The van der Waals surface area contributed by atoms with Crippen LogP contribution in [0.15, 0.2) is 18.3 Å². The van der Waals surface area contributed by atoms with Crippen molar-refractivity contribution in [3.05, 3.63) is 23.9 Å². The van der Waals surface area contributed by atoms with E-state index in [0.29, 0.717) is 4.99 Å². The summed E-state index contributed by atoms with van der Waals surface area (Å²) in [5.74, 6) is 0.911. The Morgan fingerprint density at radius 2 is 2.06 bits per heavy atom. The summed E-state index contributed by atoms with van der Waals surface area (Å²) in [5, 5.41) is 0. The smallest absolute Gasteiger partial charge is 0.128 e.